The molecule has 70 valence electrons. The normalized spacial score (nSPS) is 11.4. The zero-order chi connectivity index (χ0) is 10.1. The first-order valence-corrected chi connectivity index (χ1v) is 4.45. The molecule has 13 heavy (non-hydrogen) atoms. The Hall–Kier alpha value is -0.380. The Kier molecular flexibility index (Phi) is 3.11. The first-order valence-electron chi connectivity index (χ1n) is 3.31. The van der Waals surface area contributed by atoms with Gasteiger partial charge in [0.1, 0.15) is 5.69 Å². The minimum absolute atomic E-state index is 0.0135. The summed E-state index contributed by atoms with van der Waals surface area (Å²) in [5.41, 5.74) is 0.784. The number of aromatic nitrogens is 2. The molecule has 0 amide bonds. The first-order chi connectivity index (χ1) is 5.93. The third kappa shape index (κ3) is 2.79. The fraction of sp³-hybridized carbons (Fsp3) is 0.286. The van der Waals surface area contributed by atoms with Gasteiger partial charge in [-0.15, -0.1) is 0 Å². The molecule has 0 atom stereocenters. The summed E-state index contributed by atoms with van der Waals surface area (Å²) in [5, 5.41) is 0. The highest BCUT2D eigenvalue weighted by Crippen LogP contribution is 2.35. The van der Waals surface area contributed by atoms with Crippen LogP contribution in [-0.2, 0) is 3.79 Å². The Morgan fingerprint density at radius 2 is 2.00 bits per heavy atom. The van der Waals surface area contributed by atoms with Crippen LogP contribution >= 0.6 is 34.8 Å². The predicted molar refractivity (Wildman–Crippen MR) is 51.4 cm³/mol. The van der Waals surface area contributed by atoms with E-state index in [-0.39, 0.29) is 11.5 Å². The van der Waals surface area contributed by atoms with Gasteiger partial charge in [0, 0.05) is 5.69 Å². The average molecular weight is 239 g/mol. The minimum atomic E-state index is -1.69. The maximum Gasteiger partial charge on any atom is 0.250 e. The van der Waals surface area contributed by atoms with Gasteiger partial charge in [-0.1, -0.05) is 34.8 Å². The molecule has 1 rings (SSSR count). The van der Waals surface area contributed by atoms with E-state index in [1.54, 1.807) is 6.92 Å². The summed E-state index contributed by atoms with van der Waals surface area (Å²) < 4.78 is -1.69. The molecular weight excluding hydrogens is 234 g/mol. The number of hydrogen-bond donors (Lipinski definition) is 0. The number of rotatable bonds is 1. The van der Waals surface area contributed by atoms with Crippen LogP contribution in [0.15, 0.2) is 6.07 Å². The Labute approximate surface area is 90.0 Å². The van der Waals surface area contributed by atoms with Crippen molar-refractivity contribution in [2.45, 2.75) is 10.7 Å². The molecule has 1 aromatic heterocycles. The SMILES string of the molecule is Cc1cc(C=O)nc(C(Cl)(Cl)Cl)n1. The van der Waals surface area contributed by atoms with Crippen molar-refractivity contribution in [2.24, 2.45) is 0 Å². The highest BCUT2D eigenvalue weighted by atomic mass is 35.6. The van der Waals surface area contributed by atoms with E-state index in [0.717, 1.165) is 0 Å². The van der Waals surface area contributed by atoms with Crippen molar-refractivity contribution < 1.29 is 4.79 Å². The van der Waals surface area contributed by atoms with E-state index in [2.05, 4.69) is 9.97 Å². The van der Waals surface area contributed by atoms with Crippen LogP contribution in [0.4, 0.5) is 0 Å². The quantitative estimate of drug-likeness (QED) is 0.558. The van der Waals surface area contributed by atoms with E-state index in [4.69, 9.17) is 34.8 Å². The highest BCUT2D eigenvalue weighted by molar-refractivity contribution is 6.66. The van der Waals surface area contributed by atoms with Crippen LogP contribution in [0.1, 0.15) is 22.0 Å². The number of aldehydes is 1. The molecule has 0 radical (unpaired) electrons. The lowest BCUT2D eigenvalue weighted by Crippen LogP contribution is -2.09. The summed E-state index contributed by atoms with van der Waals surface area (Å²) in [6.07, 6.45) is 0.578. The van der Waals surface area contributed by atoms with Crippen LogP contribution in [0.25, 0.3) is 0 Å². The van der Waals surface area contributed by atoms with Gasteiger partial charge in [0.25, 0.3) is 0 Å². The van der Waals surface area contributed by atoms with Crippen molar-refractivity contribution in [3.8, 4) is 0 Å². The van der Waals surface area contributed by atoms with Gasteiger partial charge in [0.15, 0.2) is 12.1 Å². The maximum atomic E-state index is 10.4. The summed E-state index contributed by atoms with van der Waals surface area (Å²) in [5.74, 6) is 0.0135. The number of carbonyl (C=O) groups is 1. The minimum Gasteiger partial charge on any atom is -0.296 e. The van der Waals surface area contributed by atoms with Crippen molar-refractivity contribution in [1.82, 2.24) is 9.97 Å². The number of hydrogen-bond acceptors (Lipinski definition) is 3. The van der Waals surface area contributed by atoms with Crippen molar-refractivity contribution in [2.75, 3.05) is 0 Å². The van der Waals surface area contributed by atoms with Crippen LogP contribution in [-0.4, -0.2) is 16.3 Å². The second-order valence-corrected chi connectivity index (χ2v) is 4.65. The zero-order valence-corrected chi connectivity index (χ0v) is 8.86. The van der Waals surface area contributed by atoms with E-state index < -0.39 is 3.79 Å². The fourth-order valence-corrected chi connectivity index (χ4v) is 1.03. The molecule has 1 heterocycles. The van der Waals surface area contributed by atoms with Gasteiger partial charge in [0.05, 0.1) is 0 Å². The van der Waals surface area contributed by atoms with E-state index in [1.165, 1.54) is 6.07 Å². The van der Waals surface area contributed by atoms with E-state index in [0.29, 0.717) is 12.0 Å². The van der Waals surface area contributed by atoms with Crippen molar-refractivity contribution >= 4 is 41.1 Å². The largest absolute Gasteiger partial charge is 0.296 e. The van der Waals surface area contributed by atoms with Crippen LogP contribution in [0, 0.1) is 6.92 Å². The fourth-order valence-electron chi connectivity index (χ4n) is 0.780. The molecule has 0 fully saturated rings. The monoisotopic (exact) mass is 238 g/mol. The smallest absolute Gasteiger partial charge is 0.250 e. The molecule has 0 saturated carbocycles. The molecular formula is C7H5Cl3N2O. The van der Waals surface area contributed by atoms with Crippen LogP contribution in [0.3, 0.4) is 0 Å². The third-order valence-corrected chi connectivity index (χ3v) is 1.76. The molecule has 0 spiro atoms. The second-order valence-electron chi connectivity index (χ2n) is 2.37. The first kappa shape index (κ1) is 10.7. The van der Waals surface area contributed by atoms with Gasteiger partial charge >= 0.3 is 0 Å². The van der Waals surface area contributed by atoms with E-state index in [9.17, 15) is 4.79 Å². The van der Waals surface area contributed by atoms with Crippen molar-refractivity contribution in [3.05, 3.63) is 23.3 Å². The lowest BCUT2D eigenvalue weighted by Gasteiger charge is -2.09. The maximum absolute atomic E-state index is 10.4. The Bertz CT molecular complexity index is 335. The molecule has 0 N–H and O–H groups in total. The summed E-state index contributed by atoms with van der Waals surface area (Å²) in [6.45, 7) is 1.69. The van der Waals surface area contributed by atoms with Crippen molar-refractivity contribution in [1.29, 1.82) is 0 Å². The van der Waals surface area contributed by atoms with Gasteiger partial charge in [0.2, 0.25) is 3.79 Å². The molecule has 0 aliphatic heterocycles. The molecule has 0 bridgehead atoms. The van der Waals surface area contributed by atoms with Gasteiger partial charge in [-0.25, -0.2) is 9.97 Å². The summed E-state index contributed by atoms with van der Waals surface area (Å²) in [6, 6.07) is 1.51. The Morgan fingerprint density at radius 3 is 2.46 bits per heavy atom. The second kappa shape index (κ2) is 3.78. The van der Waals surface area contributed by atoms with Crippen LogP contribution < -0.4 is 0 Å². The Morgan fingerprint density at radius 1 is 1.38 bits per heavy atom. The third-order valence-electron chi connectivity index (χ3n) is 1.25. The molecule has 0 aliphatic rings. The van der Waals surface area contributed by atoms with Crippen LogP contribution in [0.5, 0.6) is 0 Å². The number of nitrogens with zero attached hydrogens (tertiary/aromatic N) is 2. The standard InChI is InChI=1S/C7H5Cl3N2O/c1-4-2-5(3-13)12-6(11-4)7(8,9)10/h2-3H,1H3. The molecule has 0 aromatic carbocycles. The summed E-state index contributed by atoms with van der Waals surface area (Å²) in [7, 11) is 0. The number of carbonyl (C=O) groups excluding carboxylic acids is 1. The zero-order valence-electron chi connectivity index (χ0n) is 6.59. The predicted octanol–water partition coefficient (Wildman–Crippen LogP) is 2.42. The number of halogens is 3. The lowest BCUT2D eigenvalue weighted by molar-refractivity contribution is 0.111. The Balaban J connectivity index is 3.24. The molecule has 3 nitrogen and oxygen atoms in total. The topological polar surface area (TPSA) is 42.9 Å². The number of alkyl halides is 3. The van der Waals surface area contributed by atoms with Crippen molar-refractivity contribution in [3.63, 3.8) is 0 Å². The van der Waals surface area contributed by atoms with Gasteiger partial charge in [-0.2, -0.15) is 0 Å². The van der Waals surface area contributed by atoms with Gasteiger partial charge in [-0.05, 0) is 13.0 Å². The molecule has 0 unspecified atom stereocenters. The lowest BCUT2D eigenvalue weighted by atomic mass is 10.3. The number of aryl methyl sites for hydroxylation is 1. The summed E-state index contributed by atoms with van der Waals surface area (Å²) in [4.78, 5) is 18.1. The van der Waals surface area contributed by atoms with E-state index >= 15 is 0 Å². The van der Waals surface area contributed by atoms with Crippen LogP contribution in [0.2, 0.25) is 0 Å². The molecule has 0 aliphatic carbocycles. The average Bonchev–Trinajstić information content (AvgIpc) is 2.01. The van der Waals surface area contributed by atoms with Gasteiger partial charge < -0.3 is 0 Å². The molecule has 6 heteroatoms. The van der Waals surface area contributed by atoms with Gasteiger partial charge in [-0.3, -0.25) is 4.79 Å². The molecule has 1 aromatic rings. The summed E-state index contributed by atoms with van der Waals surface area (Å²) >= 11 is 16.6. The highest BCUT2D eigenvalue weighted by Gasteiger charge is 2.27. The van der Waals surface area contributed by atoms with E-state index in [1.807, 2.05) is 0 Å². The molecule has 0 saturated heterocycles.